The van der Waals surface area contributed by atoms with E-state index in [1.54, 1.807) is 6.19 Å². The van der Waals surface area contributed by atoms with Gasteiger partial charge in [-0.2, -0.15) is 5.26 Å². The molecule has 0 aromatic rings. The first-order valence-electron chi connectivity index (χ1n) is 6.83. The molecule has 0 aliphatic rings. The molecule has 8 heteroatoms. The zero-order chi connectivity index (χ0) is 16.3. The van der Waals surface area contributed by atoms with Crippen LogP contribution in [0.25, 0.3) is 0 Å². The number of hydrogen-bond donors (Lipinski definition) is 1. The fourth-order valence-corrected chi connectivity index (χ4v) is 2.27. The lowest BCUT2D eigenvalue weighted by Crippen LogP contribution is -2.49. The highest BCUT2D eigenvalue weighted by Gasteiger charge is 2.28. The minimum Gasteiger partial charge on any atom is -0.616 e. The molecule has 1 N–H and O–H groups in total. The lowest BCUT2D eigenvalue weighted by Gasteiger charge is -2.19. The van der Waals surface area contributed by atoms with Crippen LogP contribution in [0.1, 0.15) is 32.6 Å². The van der Waals surface area contributed by atoms with Crippen molar-refractivity contribution in [2.24, 2.45) is 0 Å². The van der Waals surface area contributed by atoms with Gasteiger partial charge in [-0.15, -0.1) is 0 Å². The second kappa shape index (κ2) is 11.2. The molecule has 0 heterocycles. The molecular formula is C13H23N3O4S. The van der Waals surface area contributed by atoms with Crippen LogP contribution >= 0.6 is 0 Å². The SMILES string of the molecule is CCCCCCOC(=O)NC(C[S+](C)[O-])C(=O)N(C)C#N. The molecule has 0 rings (SSSR count). The Labute approximate surface area is 128 Å². The molecule has 0 aromatic heterocycles. The molecule has 120 valence electrons. The Hall–Kier alpha value is -1.46. The summed E-state index contributed by atoms with van der Waals surface area (Å²) in [5, 5.41) is 11.0. The molecule has 2 unspecified atom stereocenters. The van der Waals surface area contributed by atoms with Crippen LogP contribution < -0.4 is 5.32 Å². The first-order valence-corrected chi connectivity index (χ1v) is 8.55. The average Bonchev–Trinajstić information content (AvgIpc) is 2.44. The van der Waals surface area contributed by atoms with Crippen LogP contribution in [0, 0.1) is 11.5 Å². The Morgan fingerprint density at radius 1 is 1.43 bits per heavy atom. The normalized spacial score (nSPS) is 12.9. The van der Waals surface area contributed by atoms with Crippen molar-refractivity contribution < 1.29 is 18.9 Å². The fraction of sp³-hybridized carbons (Fsp3) is 0.769. The molecular weight excluding hydrogens is 294 g/mol. The maximum atomic E-state index is 11.9. The quantitative estimate of drug-likeness (QED) is 0.295. The van der Waals surface area contributed by atoms with Crippen LogP contribution in [0.5, 0.6) is 0 Å². The fourth-order valence-electron chi connectivity index (χ4n) is 1.57. The monoisotopic (exact) mass is 317 g/mol. The van der Waals surface area contributed by atoms with Gasteiger partial charge in [0.2, 0.25) is 0 Å². The highest BCUT2D eigenvalue weighted by molar-refractivity contribution is 7.90. The first-order chi connectivity index (χ1) is 9.92. The summed E-state index contributed by atoms with van der Waals surface area (Å²) in [6, 6.07) is -1.02. The smallest absolute Gasteiger partial charge is 0.407 e. The third kappa shape index (κ3) is 9.15. The topological polar surface area (TPSA) is 105 Å². The van der Waals surface area contributed by atoms with Gasteiger partial charge >= 0.3 is 6.09 Å². The summed E-state index contributed by atoms with van der Waals surface area (Å²) in [4.78, 5) is 24.2. The molecule has 21 heavy (non-hydrogen) atoms. The maximum Gasteiger partial charge on any atom is 0.407 e. The van der Waals surface area contributed by atoms with Gasteiger partial charge in [0.1, 0.15) is 5.75 Å². The largest absolute Gasteiger partial charge is 0.616 e. The van der Waals surface area contributed by atoms with E-state index in [-0.39, 0.29) is 12.4 Å². The summed E-state index contributed by atoms with van der Waals surface area (Å²) >= 11 is -1.29. The van der Waals surface area contributed by atoms with E-state index in [0.29, 0.717) is 0 Å². The van der Waals surface area contributed by atoms with Crippen LogP contribution in [-0.2, 0) is 20.7 Å². The number of ether oxygens (including phenoxy) is 1. The van der Waals surface area contributed by atoms with Crippen molar-refractivity contribution in [1.82, 2.24) is 10.2 Å². The lowest BCUT2D eigenvalue weighted by molar-refractivity contribution is -0.128. The van der Waals surface area contributed by atoms with Crippen LogP contribution in [0.4, 0.5) is 4.79 Å². The molecule has 0 spiro atoms. The van der Waals surface area contributed by atoms with Gasteiger partial charge in [-0.3, -0.25) is 9.69 Å². The van der Waals surface area contributed by atoms with Gasteiger partial charge in [-0.05, 0) is 6.42 Å². The molecule has 0 saturated carbocycles. The number of nitrogens with zero attached hydrogens (tertiary/aromatic N) is 2. The van der Waals surface area contributed by atoms with Crippen LogP contribution in [0.15, 0.2) is 0 Å². The minimum atomic E-state index is -1.29. The van der Waals surface area contributed by atoms with Crippen molar-refractivity contribution in [1.29, 1.82) is 5.26 Å². The van der Waals surface area contributed by atoms with Crippen molar-refractivity contribution in [3.8, 4) is 6.19 Å². The predicted molar refractivity (Wildman–Crippen MR) is 79.7 cm³/mol. The number of carbonyl (C=O) groups excluding carboxylic acids is 2. The Balaban J connectivity index is 4.30. The second-order valence-corrected chi connectivity index (χ2v) is 6.11. The summed E-state index contributed by atoms with van der Waals surface area (Å²) in [5.41, 5.74) is 0. The van der Waals surface area contributed by atoms with Crippen LogP contribution in [0.3, 0.4) is 0 Å². The van der Waals surface area contributed by atoms with Gasteiger partial charge in [0, 0.05) is 7.05 Å². The molecule has 0 fully saturated rings. The number of hydrogen-bond acceptors (Lipinski definition) is 5. The molecule has 0 aliphatic heterocycles. The number of alkyl carbamates (subject to hydrolysis) is 1. The number of carbonyl (C=O) groups is 2. The Bertz CT molecular complexity index is 371. The predicted octanol–water partition coefficient (Wildman–Crippen LogP) is 0.979. The first kappa shape index (κ1) is 19.5. The third-order valence-electron chi connectivity index (χ3n) is 2.70. The standard InChI is InChI=1S/C13H23N3O4S/c1-4-5-6-7-8-20-13(18)15-11(9-21(3)19)12(17)16(2)10-14/h11H,4-9H2,1-3H3,(H,15,18). The zero-order valence-corrected chi connectivity index (χ0v) is 13.6. The summed E-state index contributed by atoms with van der Waals surface area (Å²) in [6.07, 6.45) is 6.24. The van der Waals surface area contributed by atoms with E-state index >= 15 is 0 Å². The summed E-state index contributed by atoms with van der Waals surface area (Å²) in [5.74, 6) is -0.675. The summed E-state index contributed by atoms with van der Waals surface area (Å²) in [6.45, 7) is 2.36. The Morgan fingerprint density at radius 3 is 2.62 bits per heavy atom. The number of amides is 2. The average molecular weight is 317 g/mol. The Morgan fingerprint density at radius 2 is 2.10 bits per heavy atom. The van der Waals surface area contributed by atoms with E-state index in [1.807, 2.05) is 0 Å². The van der Waals surface area contributed by atoms with Crippen LogP contribution in [0.2, 0.25) is 0 Å². The third-order valence-corrected chi connectivity index (χ3v) is 3.51. The second-order valence-electron chi connectivity index (χ2n) is 4.63. The summed E-state index contributed by atoms with van der Waals surface area (Å²) < 4.78 is 16.2. The molecule has 0 aromatic carbocycles. The summed E-state index contributed by atoms with van der Waals surface area (Å²) in [7, 11) is 1.28. The molecule has 0 saturated heterocycles. The van der Waals surface area contributed by atoms with Gasteiger partial charge < -0.3 is 14.6 Å². The lowest BCUT2D eigenvalue weighted by atomic mass is 10.2. The van der Waals surface area contributed by atoms with Crippen molar-refractivity contribution in [3.63, 3.8) is 0 Å². The van der Waals surface area contributed by atoms with Crippen molar-refractivity contribution >= 4 is 23.2 Å². The van der Waals surface area contributed by atoms with E-state index in [1.165, 1.54) is 13.3 Å². The molecule has 0 bridgehead atoms. The van der Waals surface area contributed by atoms with E-state index < -0.39 is 29.2 Å². The Kier molecular flexibility index (Phi) is 10.4. The number of nitrogens with one attached hydrogen (secondary N) is 1. The van der Waals surface area contributed by atoms with E-state index in [0.717, 1.165) is 30.6 Å². The number of unbranched alkanes of at least 4 members (excludes halogenated alkanes) is 3. The van der Waals surface area contributed by atoms with E-state index in [9.17, 15) is 14.1 Å². The van der Waals surface area contributed by atoms with E-state index in [4.69, 9.17) is 10.00 Å². The molecule has 0 radical (unpaired) electrons. The minimum absolute atomic E-state index is 0.0597. The van der Waals surface area contributed by atoms with Crippen molar-refractivity contribution in [2.45, 2.75) is 38.6 Å². The van der Waals surface area contributed by atoms with Crippen molar-refractivity contribution in [3.05, 3.63) is 0 Å². The van der Waals surface area contributed by atoms with Gasteiger partial charge in [-0.25, -0.2) is 4.79 Å². The van der Waals surface area contributed by atoms with Gasteiger partial charge in [0.15, 0.2) is 12.2 Å². The highest BCUT2D eigenvalue weighted by atomic mass is 32.2. The molecule has 0 aliphatic carbocycles. The number of nitriles is 1. The van der Waals surface area contributed by atoms with Gasteiger partial charge in [0.05, 0.1) is 12.9 Å². The number of rotatable bonds is 9. The van der Waals surface area contributed by atoms with E-state index in [2.05, 4.69) is 12.2 Å². The number of likely N-dealkylation sites (N-methyl/N-ethyl adjacent to an activating group) is 1. The van der Waals surface area contributed by atoms with Crippen LogP contribution in [-0.4, -0.2) is 53.2 Å². The highest BCUT2D eigenvalue weighted by Crippen LogP contribution is 2.01. The molecule has 7 nitrogen and oxygen atoms in total. The maximum absolute atomic E-state index is 11.9. The molecule has 2 amide bonds. The molecule has 2 atom stereocenters. The van der Waals surface area contributed by atoms with Gasteiger partial charge in [-0.1, -0.05) is 37.4 Å². The van der Waals surface area contributed by atoms with Gasteiger partial charge in [0.25, 0.3) is 5.91 Å². The zero-order valence-electron chi connectivity index (χ0n) is 12.8. The van der Waals surface area contributed by atoms with Crippen molar-refractivity contribution in [2.75, 3.05) is 25.7 Å².